The molecule has 1 fully saturated rings. The van der Waals surface area contributed by atoms with E-state index in [1.807, 2.05) is 48.5 Å². The highest BCUT2D eigenvalue weighted by atomic mass is 79.9. The van der Waals surface area contributed by atoms with Crippen LogP contribution >= 0.6 is 15.9 Å². The molecule has 0 aliphatic carbocycles. The average Bonchev–Trinajstić information content (AvgIpc) is 3.19. The summed E-state index contributed by atoms with van der Waals surface area (Å²) in [5.74, 6) is -0.0897. The minimum atomic E-state index is -0.748. The third-order valence-electron chi connectivity index (χ3n) is 5.67. The largest absolute Gasteiger partial charge is 0.493 e. The van der Waals surface area contributed by atoms with Crippen LogP contribution in [0.15, 0.2) is 89.4 Å². The lowest BCUT2D eigenvalue weighted by Gasteiger charge is -2.26. The van der Waals surface area contributed by atoms with Crippen LogP contribution in [0.2, 0.25) is 0 Å². The van der Waals surface area contributed by atoms with Gasteiger partial charge in [-0.3, -0.25) is 9.69 Å². The quantitative estimate of drug-likeness (QED) is 0.163. The molecule has 5 nitrogen and oxygen atoms in total. The monoisotopic (exact) mass is 537 g/mol. The van der Waals surface area contributed by atoms with E-state index in [1.165, 1.54) is 30.3 Å². The van der Waals surface area contributed by atoms with Crippen molar-refractivity contribution in [3.63, 3.8) is 0 Å². The molecule has 1 heterocycles. The number of hydrogen-bond donors (Lipinski definition) is 0. The molecule has 35 heavy (non-hydrogen) atoms. The molecule has 3 aromatic carbocycles. The molecule has 4 rings (SSSR count). The van der Waals surface area contributed by atoms with Gasteiger partial charge in [-0.1, -0.05) is 53.5 Å². The molecule has 1 aliphatic heterocycles. The molecule has 0 radical (unpaired) electrons. The number of ether oxygens (including phenoxy) is 2. The molecule has 0 N–H and O–H groups in total. The summed E-state index contributed by atoms with van der Waals surface area (Å²) in [6, 6.07) is 19.6. The van der Waals surface area contributed by atoms with E-state index in [9.17, 15) is 14.0 Å². The summed E-state index contributed by atoms with van der Waals surface area (Å²) < 4.78 is 25.9. The third-order valence-corrected chi connectivity index (χ3v) is 6.17. The molecule has 3 aromatic rings. The summed E-state index contributed by atoms with van der Waals surface area (Å²) >= 11 is 3.50. The first-order valence-electron chi connectivity index (χ1n) is 11.4. The summed E-state index contributed by atoms with van der Waals surface area (Å²) in [6.45, 7) is 2.63. The van der Waals surface area contributed by atoms with Crippen molar-refractivity contribution < 1.29 is 23.5 Å². The number of nitrogens with zero attached hydrogens (tertiary/aromatic N) is 1. The van der Waals surface area contributed by atoms with E-state index in [0.29, 0.717) is 23.6 Å². The van der Waals surface area contributed by atoms with E-state index in [0.717, 1.165) is 22.9 Å². The lowest BCUT2D eigenvalue weighted by molar-refractivity contribution is 0.104. The zero-order valence-electron chi connectivity index (χ0n) is 19.2. The number of allylic oxidation sites excluding steroid dienone is 1. The van der Waals surface area contributed by atoms with Gasteiger partial charge >= 0.3 is 6.09 Å². The molecule has 0 spiro atoms. The third kappa shape index (κ3) is 5.80. The zero-order valence-corrected chi connectivity index (χ0v) is 20.8. The summed E-state index contributed by atoms with van der Waals surface area (Å²) in [5, 5.41) is 0. The molecule has 2 atom stereocenters. The number of unbranched alkanes of at least 4 members (excludes halogenated alkanes) is 1. The van der Waals surface area contributed by atoms with E-state index >= 15 is 0 Å². The number of halogens is 2. The summed E-state index contributed by atoms with van der Waals surface area (Å²) in [7, 11) is 0. The number of carbonyl (C=O) groups is 2. The molecule has 1 amide bonds. The molecular formula is C28H25BrFNO4. The molecule has 1 aliphatic rings. The van der Waals surface area contributed by atoms with Gasteiger partial charge in [-0.2, -0.15) is 0 Å². The van der Waals surface area contributed by atoms with Gasteiger partial charge in [-0.05, 0) is 67.1 Å². The predicted octanol–water partition coefficient (Wildman–Crippen LogP) is 7.27. The maximum absolute atomic E-state index is 13.2. The van der Waals surface area contributed by atoms with Crippen molar-refractivity contribution in [2.24, 2.45) is 0 Å². The Balaban J connectivity index is 1.72. The van der Waals surface area contributed by atoms with E-state index < -0.39 is 24.1 Å². The molecule has 7 heteroatoms. The number of ketones is 1. The number of para-hydroxylation sites is 1. The topological polar surface area (TPSA) is 55.8 Å². The minimum Gasteiger partial charge on any atom is -0.493 e. The van der Waals surface area contributed by atoms with Crippen LogP contribution in [0.3, 0.4) is 0 Å². The van der Waals surface area contributed by atoms with Gasteiger partial charge in [0.05, 0.1) is 6.61 Å². The average molecular weight is 538 g/mol. The minimum absolute atomic E-state index is 0.312. The maximum Gasteiger partial charge on any atom is 0.415 e. The smallest absolute Gasteiger partial charge is 0.415 e. The van der Waals surface area contributed by atoms with Crippen LogP contribution in [0.4, 0.5) is 14.9 Å². The SMILES string of the molecule is CCCCOc1cc(Br)ccc1[C@@H]1[C@@H](/C=C/C(=O)c2ccc(F)cc2)OC(=O)N1c1ccccc1. The molecule has 1 saturated heterocycles. The number of amides is 1. The second kappa shape index (κ2) is 11.3. The Hall–Kier alpha value is -3.45. The number of benzene rings is 3. The fourth-order valence-corrected chi connectivity index (χ4v) is 4.25. The fraction of sp³-hybridized carbons (Fsp3) is 0.214. The first-order valence-corrected chi connectivity index (χ1v) is 12.2. The highest BCUT2D eigenvalue weighted by molar-refractivity contribution is 9.10. The second-order valence-electron chi connectivity index (χ2n) is 8.11. The van der Waals surface area contributed by atoms with Crippen LogP contribution in [0, 0.1) is 5.82 Å². The van der Waals surface area contributed by atoms with E-state index in [4.69, 9.17) is 9.47 Å². The first-order chi connectivity index (χ1) is 17.0. The maximum atomic E-state index is 13.2. The Morgan fingerprint density at radius 1 is 1.11 bits per heavy atom. The van der Waals surface area contributed by atoms with Crippen molar-refractivity contribution in [2.45, 2.75) is 31.9 Å². The molecule has 0 aromatic heterocycles. The Labute approximate surface area is 212 Å². The van der Waals surface area contributed by atoms with Gasteiger partial charge in [0.2, 0.25) is 0 Å². The van der Waals surface area contributed by atoms with Crippen molar-refractivity contribution in [2.75, 3.05) is 11.5 Å². The van der Waals surface area contributed by atoms with Crippen molar-refractivity contribution in [1.29, 1.82) is 0 Å². The first kappa shape index (κ1) is 24.7. The number of hydrogen-bond acceptors (Lipinski definition) is 4. The van der Waals surface area contributed by atoms with Crippen LogP contribution in [-0.2, 0) is 4.74 Å². The van der Waals surface area contributed by atoms with Gasteiger partial charge in [0, 0.05) is 21.3 Å². The standard InChI is InChI=1S/C28H25BrFNO4/c1-2-3-17-34-26-18-20(29)11-14-23(26)27-25(16-15-24(32)19-9-12-21(30)13-10-19)35-28(33)31(27)22-7-5-4-6-8-22/h4-16,18,25,27H,2-3,17H2,1H3/b16-15+/t25-,27-/m1/s1. The van der Waals surface area contributed by atoms with Gasteiger partial charge in [0.1, 0.15) is 23.7 Å². The number of rotatable bonds is 9. The van der Waals surface area contributed by atoms with Gasteiger partial charge in [0.25, 0.3) is 0 Å². The second-order valence-corrected chi connectivity index (χ2v) is 9.03. The Morgan fingerprint density at radius 2 is 1.86 bits per heavy atom. The van der Waals surface area contributed by atoms with Crippen LogP contribution in [-0.4, -0.2) is 24.6 Å². The predicted molar refractivity (Wildman–Crippen MR) is 136 cm³/mol. The van der Waals surface area contributed by atoms with Crippen LogP contribution in [0.1, 0.15) is 41.7 Å². The lowest BCUT2D eigenvalue weighted by atomic mass is 9.98. The van der Waals surface area contributed by atoms with Gasteiger partial charge in [-0.25, -0.2) is 9.18 Å². The van der Waals surface area contributed by atoms with E-state index in [2.05, 4.69) is 22.9 Å². The summed E-state index contributed by atoms with van der Waals surface area (Å²) in [5.41, 5.74) is 1.78. The zero-order chi connectivity index (χ0) is 24.8. The van der Waals surface area contributed by atoms with Crippen LogP contribution in [0.25, 0.3) is 0 Å². The van der Waals surface area contributed by atoms with Crippen molar-refractivity contribution >= 4 is 33.5 Å². The van der Waals surface area contributed by atoms with Crippen molar-refractivity contribution in [3.05, 3.63) is 106 Å². The number of anilines is 1. The van der Waals surface area contributed by atoms with Gasteiger partial charge < -0.3 is 9.47 Å². The van der Waals surface area contributed by atoms with Crippen LogP contribution < -0.4 is 9.64 Å². The van der Waals surface area contributed by atoms with E-state index in [-0.39, 0.29) is 5.78 Å². The van der Waals surface area contributed by atoms with Gasteiger partial charge in [0.15, 0.2) is 5.78 Å². The Bertz CT molecular complexity index is 1210. The number of carbonyl (C=O) groups excluding carboxylic acids is 2. The molecular weight excluding hydrogens is 513 g/mol. The molecule has 0 bridgehead atoms. The Kier molecular flexibility index (Phi) is 7.98. The molecule has 0 saturated carbocycles. The van der Waals surface area contributed by atoms with Gasteiger partial charge in [-0.15, -0.1) is 0 Å². The Morgan fingerprint density at radius 3 is 2.57 bits per heavy atom. The normalized spacial score (nSPS) is 17.6. The highest BCUT2D eigenvalue weighted by Crippen LogP contribution is 2.42. The van der Waals surface area contributed by atoms with Crippen molar-refractivity contribution in [3.8, 4) is 5.75 Å². The highest BCUT2D eigenvalue weighted by Gasteiger charge is 2.43. The van der Waals surface area contributed by atoms with Crippen molar-refractivity contribution in [1.82, 2.24) is 0 Å². The molecule has 0 unspecified atom stereocenters. The lowest BCUT2D eigenvalue weighted by Crippen LogP contribution is -2.29. The number of cyclic esters (lactones) is 1. The van der Waals surface area contributed by atoms with Crippen LogP contribution in [0.5, 0.6) is 5.75 Å². The fourth-order valence-electron chi connectivity index (χ4n) is 3.91. The van der Waals surface area contributed by atoms with E-state index in [1.54, 1.807) is 11.0 Å². The summed E-state index contributed by atoms with van der Waals surface area (Å²) in [6.07, 6.45) is 3.55. The summed E-state index contributed by atoms with van der Waals surface area (Å²) in [4.78, 5) is 27.3. The molecule has 180 valence electrons.